The number of nitrogens with zero attached hydrogens (tertiary/aromatic N) is 1. The molecule has 0 amide bonds. The molecule has 0 aliphatic carbocycles. The molecule has 0 saturated carbocycles. The highest BCUT2D eigenvalue weighted by atomic mass is 32.1. The number of aliphatic hydroxyl groups is 1. The van der Waals surface area contributed by atoms with Gasteiger partial charge in [0.1, 0.15) is 0 Å². The number of benzene rings is 1. The molecule has 1 aromatic rings. The van der Waals surface area contributed by atoms with Crippen LogP contribution in [0.5, 0.6) is 0 Å². The Morgan fingerprint density at radius 3 is 2.69 bits per heavy atom. The summed E-state index contributed by atoms with van der Waals surface area (Å²) in [4.78, 5) is 1.81. The Morgan fingerprint density at radius 2 is 2.12 bits per heavy atom. The molecule has 0 aromatic heterocycles. The largest absolute Gasteiger partial charge is 0.395 e. The molecular weight excluding hydrogens is 220 g/mol. The monoisotopic (exact) mass is 238 g/mol. The predicted molar refractivity (Wildman–Crippen MR) is 71.9 cm³/mol. The lowest BCUT2D eigenvalue weighted by Gasteiger charge is -2.20. The second-order valence-electron chi connectivity index (χ2n) is 3.89. The van der Waals surface area contributed by atoms with Crippen molar-refractivity contribution in [2.24, 2.45) is 0 Å². The lowest BCUT2D eigenvalue weighted by Crippen LogP contribution is -2.33. The van der Waals surface area contributed by atoms with Gasteiger partial charge in [-0.1, -0.05) is 17.7 Å². The number of hydrogen-bond donors (Lipinski definition) is 2. The summed E-state index contributed by atoms with van der Waals surface area (Å²) in [5, 5.41) is 12.6. The maximum atomic E-state index is 8.81. The van der Waals surface area contributed by atoms with Gasteiger partial charge in [-0.25, -0.2) is 0 Å². The molecule has 1 rings (SSSR count). The summed E-state index contributed by atoms with van der Waals surface area (Å²) in [6.07, 6.45) is 0. The van der Waals surface area contributed by atoms with E-state index in [1.807, 2.05) is 31.0 Å². The van der Waals surface area contributed by atoms with Crippen LogP contribution in [-0.4, -0.2) is 35.3 Å². The number of anilines is 1. The van der Waals surface area contributed by atoms with Crippen LogP contribution >= 0.6 is 12.2 Å². The fourth-order valence-electron chi connectivity index (χ4n) is 1.42. The van der Waals surface area contributed by atoms with Crippen molar-refractivity contribution >= 4 is 23.0 Å². The first-order valence-corrected chi connectivity index (χ1v) is 5.65. The van der Waals surface area contributed by atoms with Crippen LogP contribution in [0.1, 0.15) is 11.1 Å². The molecule has 0 aliphatic heterocycles. The first-order chi connectivity index (χ1) is 7.54. The van der Waals surface area contributed by atoms with Gasteiger partial charge in [-0.15, -0.1) is 0 Å². The van der Waals surface area contributed by atoms with Crippen molar-refractivity contribution in [2.75, 3.05) is 25.5 Å². The summed E-state index contributed by atoms with van der Waals surface area (Å²) in [7, 11) is 1.86. The second kappa shape index (κ2) is 5.82. The summed E-state index contributed by atoms with van der Waals surface area (Å²) in [6.45, 7) is 4.75. The predicted octanol–water partition coefficient (Wildman–Crippen LogP) is 1.92. The van der Waals surface area contributed by atoms with E-state index in [9.17, 15) is 0 Å². The quantitative estimate of drug-likeness (QED) is 0.789. The summed E-state index contributed by atoms with van der Waals surface area (Å²) < 4.78 is 0. The highest BCUT2D eigenvalue weighted by Crippen LogP contribution is 2.16. The van der Waals surface area contributed by atoms with Crippen LogP contribution in [0.2, 0.25) is 0 Å². The van der Waals surface area contributed by atoms with E-state index in [2.05, 4.69) is 18.3 Å². The Labute approximate surface area is 102 Å². The normalized spacial score (nSPS) is 10.0. The number of thiocarbonyl (C=S) groups is 1. The molecule has 0 heterocycles. The molecule has 0 atom stereocenters. The van der Waals surface area contributed by atoms with Crippen LogP contribution in [0.3, 0.4) is 0 Å². The third-order valence-corrected chi connectivity index (χ3v) is 2.82. The molecule has 1 aromatic carbocycles. The van der Waals surface area contributed by atoms with E-state index in [4.69, 9.17) is 17.3 Å². The lowest BCUT2D eigenvalue weighted by molar-refractivity contribution is 0.265. The molecule has 0 saturated heterocycles. The number of likely N-dealkylation sites (N-methyl/N-ethyl adjacent to an activating group) is 1. The van der Waals surface area contributed by atoms with Crippen LogP contribution in [0.15, 0.2) is 18.2 Å². The van der Waals surface area contributed by atoms with E-state index in [1.165, 1.54) is 11.1 Å². The van der Waals surface area contributed by atoms with Crippen LogP contribution in [0, 0.1) is 13.8 Å². The lowest BCUT2D eigenvalue weighted by atomic mass is 10.1. The minimum Gasteiger partial charge on any atom is -0.395 e. The average Bonchev–Trinajstić information content (AvgIpc) is 2.22. The van der Waals surface area contributed by atoms with Gasteiger partial charge in [0.15, 0.2) is 5.11 Å². The number of rotatable bonds is 3. The number of hydrogen-bond acceptors (Lipinski definition) is 2. The van der Waals surface area contributed by atoms with Crippen molar-refractivity contribution < 1.29 is 5.11 Å². The van der Waals surface area contributed by atoms with Gasteiger partial charge >= 0.3 is 0 Å². The van der Waals surface area contributed by atoms with Crippen molar-refractivity contribution in [1.82, 2.24) is 4.90 Å². The third kappa shape index (κ3) is 3.47. The molecule has 0 aliphatic rings. The van der Waals surface area contributed by atoms with Gasteiger partial charge in [-0.05, 0) is 37.7 Å². The van der Waals surface area contributed by atoms with Crippen LogP contribution < -0.4 is 5.32 Å². The Kier molecular flexibility index (Phi) is 4.71. The zero-order chi connectivity index (χ0) is 12.1. The molecule has 0 radical (unpaired) electrons. The molecule has 4 heteroatoms. The highest BCUT2D eigenvalue weighted by molar-refractivity contribution is 7.80. The average molecular weight is 238 g/mol. The number of aryl methyl sites for hydroxylation is 2. The van der Waals surface area contributed by atoms with Crippen molar-refractivity contribution in [3.05, 3.63) is 29.3 Å². The van der Waals surface area contributed by atoms with E-state index in [0.29, 0.717) is 11.7 Å². The molecule has 3 nitrogen and oxygen atoms in total. The molecule has 0 spiro atoms. The summed E-state index contributed by atoms with van der Waals surface area (Å²) in [6, 6.07) is 6.17. The summed E-state index contributed by atoms with van der Waals surface area (Å²) >= 11 is 5.22. The third-order valence-electron chi connectivity index (χ3n) is 2.41. The fourth-order valence-corrected chi connectivity index (χ4v) is 1.62. The minimum absolute atomic E-state index is 0.102. The Balaban J connectivity index is 2.69. The van der Waals surface area contributed by atoms with Gasteiger partial charge in [0.25, 0.3) is 0 Å². The molecule has 0 unspecified atom stereocenters. The van der Waals surface area contributed by atoms with Crippen LogP contribution in [-0.2, 0) is 0 Å². The zero-order valence-corrected chi connectivity index (χ0v) is 10.8. The Morgan fingerprint density at radius 1 is 1.44 bits per heavy atom. The van der Waals surface area contributed by atoms with Gasteiger partial charge in [0.2, 0.25) is 0 Å². The molecule has 16 heavy (non-hydrogen) atoms. The van der Waals surface area contributed by atoms with E-state index in [1.54, 1.807) is 0 Å². The second-order valence-corrected chi connectivity index (χ2v) is 4.28. The molecular formula is C12H18N2OS. The van der Waals surface area contributed by atoms with E-state index in [0.717, 1.165) is 5.69 Å². The standard InChI is InChI=1S/C12H18N2OS/c1-9-4-5-11(10(2)8-9)13-12(16)14(3)6-7-15/h4-5,8,15H,6-7H2,1-3H3,(H,13,16). The van der Waals surface area contributed by atoms with Gasteiger partial charge in [-0.2, -0.15) is 0 Å². The topological polar surface area (TPSA) is 35.5 Å². The fraction of sp³-hybridized carbons (Fsp3) is 0.417. The maximum absolute atomic E-state index is 8.81. The van der Waals surface area contributed by atoms with Crippen molar-refractivity contribution in [3.63, 3.8) is 0 Å². The smallest absolute Gasteiger partial charge is 0.173 e. The van der Waals surface area contributed by atoms with Crippen LogP contribution in [0.25, 0.3) is 0 Å². The maximum Gasteiger partial charge on any atom is 0.173 e. The Hall–Kier alpha value is -1.13. The Bertz CT molecular complexity index is 379. The molecule has 88 valence electrons. The molecule has 2 N–H and O–H groups in total. The minimum atomic E-state index is 0.102. The first-order valence-electron chi connectivity index (χ1n) is 5.25. The molecule has 0 bridgehead atoms. The van der Waals surface area contributed by atoms with E-state index < -0.39 is 0 Å². The van der Waals surface area contributed by atoms with Gasteiger partial charge in [0.05, 0.1) is 6.61 Å². The van der Waals surface area contributed by atoms with Crippen molar-refractivity contribution in [1.29, 1.82) is 0 Å². The highest BCUT2D eigenvalue weighted by Gasteiger charge is 2.05. The van der Waals surface area contributed by atoms with Crippen molar-refractivity contribution in [2.45, 2.75) is 13.8 Å². The van der Waals surface area contributed by atoms with E-state index >= 15 is 0 Å². The van der Waals surface area contributed by atoms with Gasteiger partial charge in [-0.3, -0.25) is 0 Å². The SMILES string of the molecule is Cc1ccc(NC(=S)N(C)CCO)c(C)c1. The zero-order valence-electron chi connectivity index (χ0n) is 9.95. The van der Waals surface area contributed by atoms with Gasteiger partial charge < -0.3 is 15.3 Å². The van der Waals surface area contributed by atoms with E-state index in [-0.39, 0.29) is 6.61 Å². The number of aliphatic hydroxyl groups excluding tert-OH is 1. The molecule has 0 fully saturated rings. The summed E-state index contributed by atoms with van der Waals surface area (Å²) in [5.74, 6) is 0. The number of nitrogens with one attached hydrogen (secondary N) is 1. The first kappa shape index (κ1) is 12.9. The van der Waals surface area contributed by atoms with Crippen LogP contribution in [0.4, 0.5) is 5.69 Å². The van der Waals surface area contributed by atoms with Gasteiger partial charge in [0, 0.05) is 19.3 Å². The van der Waals surface area contributed by atoms with Crippen molar-refractivity contribution in [3.8, 4) is 0 Å². The summed E-state index contributed by atoms with van der Waals surface area (Å²) in [5.41, 5.74) is 3.41.